The molecule has 0 spiro atoms. The van der Waals surface area contributed by atoms with Crippen LogP contribution in [-0.4, -0.2) is 14.8 Å². The van der Waals surface area contributed by atoms with E-state index in [-0.39, 0.29) is 11.0 Å². The van der Waals surface area contributed by atoms with Crippen LogP contribution in [0.4, 0.5) is 0 Å². The molecule has 0 bridgehead atoms. The van der Waals surface area contributed by atoms with E-state index in [1.54, 1.807) is 17.8 Å². The van der Waals surface area contributed by atoms with Crippen molar-refractivity contribution in [1.82, 2.24) is 14.8 Å². The van der Waals surface area contributed by atoms with Gasteiger partial charge in [-0.1, -0.05) is 11.6 Å². The fourth-order valence-electron chi connectivity index (χ4n) is 1.38. The molecule has 0 aromatic carbocycles. The maximum absolute atomic E-state index is 8.80. The molecule has 86 valence electrons. The number of aryl methyl sites for hydroxylation is 2. The Balaban J connectivity index is 2.33. The van der Waals surface area contributed by atoms with Gasteiger partial charge in [0, 0.05) is 19.2 Å². The van der Waals surface area contributed by atoms with Crippen LogP contribution in [0.5, 0.6) is 11.8 Å². The topological polar surface area (TPSA) is 63.7 Å². The third-order valence-corrected chi connectivity index (χ3v) is 2.26. The zero-order valence-electron chi connectivity index (χ0n) is 9.31. The second-order valence-corrected chi connectivity index (χ2v) is 3.87. The van der Waals surface area contributed by atoms with Crippen LogP contribution in [0.15, 0.2) is 18.2 Å². The number of rotatable bonds is 2. The van der Waals surface area contributed by atoms with E-state index in [0.29, 0.717) is 11.4 Å². The Morgan fingerprint density at radius 2 is 2.18 bits per heavy atom. The lowest BCUT2D eigenvalue weighted by molar-refractivity contribution is 0.415. The summed E-state index contributed by atoms with van der Waals surface area (Å²) in [5.74, 6) is 0.818. The van der Waals surface area contributed by atoms with Crippen LogP contribution in [0.3, 0.4) is 0 Å². The molecule has 2 aromatic heterocycles. The summed E-state index contributed by atoms with van der Waals surface area (Å²) in [6.07, 6.45) is 0. The summed E-state index contributed by atoms with van der Waals surface area (Å²) in [7, 11) is 1.76. The molecule has 0 saturated heterocycles. The Morgan fingerprint density at radius 3 is 2.76 bits per heavy atom. The third kappa shape index (κ3) is 2.55. The fraction of sp³-hybridized carbons (Fsp3) is 0.182. The smallest absolute Gasteiger partial charge is 0.224 e. The first kappa shape index (κ1) is 11.4. The molecule has 5 nitrogen and oxygen atoms in total. The molecular weight excluding hydrogens is 240 g/mol. The maximum Gasteiger partial charge on any atom is 0.224 e. The number of nitriles is 1. The van der Waals surface area contributed by atoms with Crippen LogP contribution in [-0.2, 0) is 7.05 Å². The van der Waals surface area contributed by atoms with Gasteiger partial charge in [-0.2, -0.15) is 10.4 Å². The van der Waals surface area contributed by atoms with E-state index in [9.17, 15) is 0 Å². The van der Waals surface area contributed by atoms with Gasteiger partial charge in [-0.05, 0) is 13.0 Å². The molecule has 0 aliphatic heterocycles. The summed E-state index contributed by atoms with van der Waals surface area (Å²) in [5, 5.41) is 13.2. The molecule has 0 amide bonds. The summed E-state index contributed by atoms with van der Waals surface area (Å²) in [6.45, 7) is 1.86. The van der Waals surface area contributed by atoms with Gasteiger partial charge in [0.05, 0.1) is 17.3 Å². The van der Waals surface area contributed by atoms with Crippen LogP contribution in [0, 0.1) is 18.3 Å². The van der Waals surface area contributed by atoms with Crippen LogP contribution in [0.25, 0.3) is 0 Å². The van der Waals surface area contributed by atoms with Crippen molar-refractivity contribution >= 4 is 11.6 Å². The molecule has 0 aliphatic carbocycles. The molecule has 0 fully saturated rings. The number of halogens is 1. The molecule has 2 rings (SSSR count). The molecule has 6 heteroatoms. The summed E-state index contributed by atoms with van der Waals surface area (Å²) in [4.78, 5) is 3.98. The predicted molar refractivity (Wildman–Crippen MR) is 62.0 cm³/mol. The second kappa shape index (κ2) is 4.44. The van der Waals surface area contributed by atoms with Gasteiger partial charge in [0.2, 0.25) is 11.8 Å². The number of hydrogen-bond donors (Lipinski definition) is 0. The number of aromatic nitrogens is 3. The van der Waals surface area contributed by atoms with Gasteiger partial charge in [-0.25, -0.2) is 9.67 Å². The van der Waals surface area contributed by atoms with Gasteiger partial charge in [0.1, 0.15) is 5.15 Å². The minimum Gasteiger partial charge on any atom is -0.421 e. The Kier molecular flexibility index (Phi) is 2.98. The molecule has 0 N–H and O–H groups in total. The molecule has 0 saturated carbocycles. The normalized spacial score (nSPS) is 10.0. The zero-order valence-corrected chi connectivity index (χ0v) is 10.1. The molecule has 0 unspecified atom stereocenters. The molecule has 2 heterocycles. The molecule has 17 heavy (non-hydrogen) atoms. The standard InChI is InChI=1S/C11H9ClN4O/c1-7-3-11(16(2)15-7)17-10-5-8(6-13)4-9(12)14-10/h3-5H,1-2H3. The molecular formula is C11H9ClN4O. The largest absolute Gasteiger partial charge is 0.421 e. The van der Waals surface area contributed by atoms with Gasteiger partial charge in [-0.3, -0.25) is 0 Å². The summed E-state index contributed by atoms with van der Waals surface area (Å²) in [5.41, 5.74) is 1.24. The van der Waals surface area contributed by atoms with Crippen molar-refractivity contribution in [2.24, 2.45) is 7.05 Å². The van der Waals surface area contributed by atoms with Gasteiger partial charge in [0.25, 0.3) is 0 Å². The number of pyridine rings is 1. The Hall–Kier alpha value is -2.06. The van der Waals surface area contributed by atoms with Crippen molar-refractivity contribution in [3.8, 4) is 17.8 Å². The highest BCUT2D eigenvalue weighted by molar-refractivity contribution is 6.29. The van der Waals surface area contributed by atoms with Gasteiger partial charge in [-0.15, -0.1) is 0 Å². The fourth-order valence-corrected chi connectivity index (χ4v) is 1.58. The zero-order chi connectivity index (χ0) is 12.4. The quantitative estimate of drug-likeness (QED) is 0.766. The monoisotopic (exact) mass is 248 g/mol. The van der Waals surface area contributed by atoms with Crippen LogP contribution >= 0.6 is 11.6 Å². The Labute approximate surface area is 103 Å². The lowest BCUT2D eigenvalue weighted by Crippen LogP contribution is -1.97. The lowest BCUT2D eigenvalue weighted by atomic mass is 10.3. The molecule has 2 aromatic rings. The highest BCUT2D eigenvalue weighted by Crippen LogP contribution is 2.22. The van der Waals surface area contributed by atoms with Crippen molar-refractivity contribution in [3.63, 3.8) is 0 Å². The van der Waals surface area contributed by atoms with E-state index in [1.165, 1.54) is 12.1 Å². The molecule has 0 radical (unpaired) electrons. The van der Waals surface area contributed by atoms with Gasteiger partial charge < -0.3 is 4.74 Å². The first-order valence-electron chi connectivity index (χ1n) is 4.84. The van der Waals surface area contributed by atoms with Crippen LogP contribution in [0.1, 0.15) is 11.3 Å². The van der Waals surface area contributed by atoms with Gasteiger partial charge >= 0.3 is 0 Å². The number of nitrogens with zero attached hydrogens (tertiary/aromatic N) is 4. The Morgan fingerprint density at radius 1 is 1.41 bits per heavy atom. The third-order valence-electron chi connectivity index (χ3n) is 2.07. The van der Waals surface area contributed by atoms with E-state index in [2.05, 4.69) is 10.1 Å². The molecule has 0 atom stereocenters. The Bertz CT molecular complexity index is 600. The minimum absolute atomic E-state index is 0.220. The summed E-state index contributed by atoms with van der Waals surface area (Å²) in [6, 6.07) is 6.76. The lowest BCUT2D eigenvalue weighted by Gasteiger charge is -2.04. The first-order chi connectivity index (χ1) is 8.08. The SMILES string of the molecule is Cc1cc(Oc2cc(C#N)cc(Cl)n2)n(C)n1. The van der Waals surface area contributed by atoms with Crippen molar-refractivity contribution < 1.29 is 4.74 Å². The number of ether oxygens (including phenoxy) is 1. The first-order valence-corrected chi connectivity index (χ1v) is 5.22. The van der Waals surface area contributed by atoms with Crippen LogP contribution in [0.2, 0.25) is 5.15 Å². The summed E-state index contributed by atoms with van der Waals surface area (Å²) < 4.78 is 7.09. The van der Waals surface area contributed by atoms with E-state index in [0.717, 1.165) is 5.69 Å². The van der Waals surface area contributed by atoms with E-state index < -0.39 is 0 Å². The number of hydrogen-bond acceptors (Lipinski definition) is 4. The maximum atomic E-state index is 8.80. The van der Waals surface area contributed by atoms with Crippen LogP contribution < -0.4 is 4.74 Å². The van der Waals surface area contributed by atoms with Crippen molar-refractivity contribution in [2.45, 2.75) is 6.92 Å². The van der Waals surface area contributed by atoms with E-state index in [1.807, 2.05) is 13.0 Å². The highest BCUT2D eigenvalue weighted by atomic mass is 35.5. The second-order valence-electron chi connectivity index (χ2n) is 3.48. The van der Waals surface area contributed by atoms with Crippen molar-refractivity contribution in [1.29, 1.82) is 5.26 Å². The van der Waals surface area contributed by atoms with Crippen molar-refractivity contribution in [3.05, 3.63) is 34.6 Å². The average Bonchev–Trinajstić information content (AvgIpc) is 2.56. The predicted octanol–water partition coefficient (Wildman–Crippen LogP) is 2.44. The summed E-state index contributed by atoms with van der Waals surface area (Å²) >= 11 is 5.78. The molecule has 0 aliphatic rings. The highest BCUT2D eigenvalue weighted by Gasteiger charge is 2.07. The van der Waals surface area contributed by atoms with E-state index in [4.69, 9.17) is 21.6 Å². The van der Waals surface area contributed by atoms with Gasteiger partial charge in [0.15, 0.2) is 0 Å². The minimum atomic E-state index is 0.220. The average molecular weight is 249 g/mol. The van der Waals surface area contributed by atoms with Crippen molar-refractivity contribution in [2.75, 3.05) is 0 Å². The van der Waals surface area contributed by atoms with E-state index >= 15 is 0 Å².